The Morgan fingerprint density at radius 3 is 2.76 bits per heavy atom. The maximum atomic E-state index is 13.7. The SMILES string of the molecule is CC(C)c1nnc(Cc2cccc(Cl)c2F)s1. The average molecular weight is 271 g/mol. The van der Waals surface area contributed by atoms with Gasteiger partial charge in [0.2, 0.25) is 0 Å². The molecule has 2 nitrogen and oxygen atoms in total. The van der Waals surface area contributed by atoms with Crippen LogP contribution in [-0.4, -0.2) is 10.2 Å². The first-order chi connectivity index (χ1) is 8.08. The molecule has 0 amide bonds. The predicted molar refractivity (Wildman–Crippen MR) is 68.2 cm³/mol. The van der Waals surface area contributed by atoms with Gasteiger partial charge in [-0.3, -0.25) is 0 Å². The zero-order chi connectivity index (χ0) is 12.4. The molecule has 0 atom stereocenters. The lowest BCUT2D eigenvalue weighted by molar-refractivity contribution is 0.614. The number of nitrogens with zero attached hydrogens (tertiary/aromatic N) is 2. The van der Waals surface area contributed by atoms with Crippen molar-refractivity contribution in [3.05, 3.63) is 44.6 Å². The van der Waals surface area contributed by atoms with Crippen molar-refractivity contribution in [1.82, 2.24) is 10.2 Å². The van der Waals surface area contributed by atoms with Gasteiger partial charge in [0, 0.05) is 12.3 Å². The number of rotatable bonds is 3. The van der Waals surface area contributed by atoms with Gasteiger partial charge in [-0.05, 0) is 11.6 Å². The van der Waals surface area contributed by atoms with Crippen LogP contribution in [0, 0.1) is 5.82 Å². The minimum Gasteiger partial charge on any atom is -0.205 e. The maximum absolute atomic E-state index is 13.7. The van der Waals surface area contributed by atoms with E-state index in [-0.39, 0.29) is 10.8 Å². The highest BCUT2D eigenvalue weighted by atomic mass is 35.5. The van der Waals surface area contributed by atoms with Crippen molar-refractivity contribution in [2.75, 3.05) is 0 Å². The van der Waals surface area contributed by atoms with Crippen molar-refractivity contribution in [2.45, 2.75) is 26.2 Å². The lowest BCUT2D eigenvalue weighted by Gasteiger charge is -2.01. The van der Waals surface area contributed by atoms with Crippen LogP contribution < -0.4 is 0 Å². The van der Waals surface area contributed by atoms with Crippen LogP contribution in [0.1, 0.15) is 35.3 Å². The number of benzene rings is 1. The van der Waals surface area contributed by atoms with Crippen LogP contribution in [0.3, 0.4) is 0 Å². The smallest absolute Gasteiger partial charge is 0.145 e. The summed E-state index contributed by atoms with van der Waals surface area (Å²) in [5, 5.41) is 10.1. The summed E-state index contributed by atoms with van der Waals surface area (Å²) >= 11 is 7.25. The molecular formula is C12H12ClFN2S. The Morgan fingerprint density at radius 2 is 2.12 bits per heavy atom. The van der Waals surface area contributed by atoms with E-state index in [1.807, 2.05) is 0 Å². The Morgan fingerprint density at radius 1 is 1.35 bits per heavy atom. The fourth-order valence-electron chi connectivity index (χ4n) is 1.42. The van der Waals surface area contributed by atoms with Gasteiger partial charge in [0.1, 0.15) is 15.8 Å². The molecule has 0 fully saturated rings. The lowest BCUT2D eigenvalue weighted by atomic mass is 10.1. The van der Waals surface area contributed by atoms with Crippen molar-refractivity contribution >= 4 is 22.9 Å². The first kappa shape index (κ1) is 12.5. The van der Waals surface area contributed by atoms with Gasteiger partial charge < -0.3 is 0 Å². The van der Waals surface area contributed by atoms with Crippen molar-refractivity contribution in [3.8, 4) is 0 Å². The Hall–Kier alpha value is -1.00. The van der Waals surface area contributed by atoms with Crippen molar-refractivity contribution < 1.29 is 4.39 Å². The third-order valence-electron chi connectivity index (χ3n) is 2.35. The van der Waals surface area contributed by atoms with Crippen molar-refractivity contribution in [3.63, 3.8) is 0 Å². The van der Waals surface area contributed by atoms with Crippen LogP contribution in [-0.2, 0) is 6.42 Å². The molecule has 0 N–H and O–H groups in total. The summed E-state index contributed by atoms with van der Waals surface area (Å²) in [7, 11) is 0. The first-order valence-electron chi connectivity index (χ1n) is 5.33. The fourth-order valence-corrected chi connectivity index (χ4v) is 2.48. The highest BCUT2D eigenvalue weighted by Crippen LogP contribution is 2.24. The molecule has 0 saturated heterocycles. The van der Waals surface area contributed by atoms with Crippen molar-refractivity contribution in [2.24, 2.45) is 0 Å². The minimum absolute atomic E-state index is 0.149. The number of hydrogen-bond acceptors (Lipinski definition) is 3. The molecule has 2 aromatic rings. The lowest BCUT2D eigenvalue weighted by Crippen LogP contribution is -1.92. The van der Waals surface area contributed by atoms with Gasteiger partial charge in [-0.15, -0.1) is 21.5 Å². The van der Waals surface area contributed by atoms with Crippen LogP contribution in [0.5, 0.6) is 0 Å². The molecule has 0 aliphatic carbocycles. The standard InChI is InChI=1S/C12H12ClFN2S/c1-7(2)12-16-15-10(17-12)6-8-4-3-5-9(13)11(8)14/h3-5,7H,6H2,1-2H3. The Labute approximate surface area is 108 Å². The van der Waals surface area contributed by atoms with E-state index in [1.54, 1.807) is 18.2 Å². The normalized spacial score (nSPS) is 11.1. The molecule has 0 aliphatic heterocycles. The summed E-state index contributed by atoms with van der Waals surface area (Å²) < 4.78 is 13.7. The average Bonchev–Trinajstić information content (AvgIpc) is 2.73. The Bertz CT molecular complexity index is 525. The number of aromatic nitrogens is 2. The van der Waals surface area contributed by atoms with E-state index in [4.69, 9.17) is 11.6 Å². The molecule has 0 bridgehead atoms. The molecule has 1 aromatic carbocycles. The Kier molecular flexibility index (Phi) is 3.74. The summed E-state index contributed by atoms with van der Waals surface area (Å²) in [6.45, 7) is 4.12. The van der Waals surface area contributed by atoms with Crippen LogP contribution >= 0.6 is 22.9 Å². The summed E-state index contributed by atoms with van der Waals surface area (Å²) in [6, 6.07) is 5.00. The summed E-state index contributed by atoms with van der Waals surface area (Å²) in [4.78, 5) is 0. The molecule has 2 rings (SSSR count). The highest BCUT2D eigenvalue weighted by molar-refractivity contribution is 7.11. The zero-order valence-corrected chi connectivity index (χ0v) is 11.1. The van der Waals surface area contributed by atoms with E-state index < -0.39 is 0 Å². The molecule has 17 heavy (non-hydrogen) atoms. The second-order valence-electron chi connectivity index (χ2n) is 4.08. The molecule has 90 valence electrons. The zero-order valence-electron chi connectivity index (χ0n) is 9.58. The summed E-state index contributed by atoms with van der Waals surface area (Å²) in [5.74, 6) is -0.0130. The third kappa shape index (κ3) is 2.82. The monoisotopic (exact) mass is 270 g/mol. The van der Waals surface area contributed by atoms with Crippen LogP contribution in [0.4, 0.5) is 4.39 Å². The summed E-state index contributed by atoms with van der Waals surface area (Å²) in [6.07, 6.45) is 0.441. The van der Waals surface area contributed by atoms with Gasteiger partial charge in [0.25, 0.3) is 0 Å². The highest BCUT2D eigenvalue weighted by Gasteiger charge is 2.11. The summed E-state index contributed by atoms with van der Waals surface area (Å²) in [5.41, 5.74) is 0.559. The first-order valence-corrected chi connectivity index (χ1v) is 6.52. The van der Waals surface area contributed by atoms with Gasteiger partial charge in [-0.2, -0.15) is 0 Å². The molecule has 5 heteroatoms. The molecule has 0 unspecified atom stereocenters. The van der Waals surface area contributed by atoms with Gasteiger partial charge in [0.05, 0.1) is 5.02 Å². The van der Waals surface area contributed by atoms with E-state index >= 15 is 0 Å². The van der Waals surface area contributed by atoms with Gasteiger partial charge in [-0.1, -0.05) is 37.6 Å². The van der Waals surface area contributed by atoms with E-state index in [9.17, 15) is 4.39 Å². The van der Waals surface area contributed by atoms with E-state index in [0.717, 1.165) is 10.0 Å². The second-order valence-corrected chi connectivity index (χ2v) is 5.58. The van der Waals surface area contributed by atoms with Crippen LogP contribution in [0.15, 0.2) is 18.2 Å². The largest absolute Gasteiger partial charge is 0.205 e. The van der Waals surface area contributed by atoms with Crippen LogP contribution in [0.2, 0.25) is 5.02 Å². The van der Waals surface area contributed by atoms with E-state index in [2.05, 4.69) is 24.0 Å². The molecule has 1 aromatic heterocycles. The molecule has 0 saturated carbocycles. The number of halogens is 2. The number of hydrogen-bond donors (Lipinski definition) is 0. The maximum Gasteiger partial charge on any atom is 0.145 e. The third-order valence-corrected chi connectivity index (χ3v) is 3.87. The fraction of sp³-hybridized carbons (Fsp3) is 0.333. The van der Waals surface area contributed by atoms with E-state index in [0.29, 0.717) is 17.9 Å². The van der Waals surface area contributed by atoms with Crippen molar-refractivity contribution in [1.29, 1.82) is 0 Å². The topological polar surface area (TPSA) is 25.8 Å². The molecule has 0 spiro atoms. The van der Waals surface area contributed by atoms with Gasteiger partial charge in [-0.25, -0.2) is 4.39 Å². The molecule has 0 aliphatic rings. The van der Waals surface area contributed by atoms with Gasteiger partial charge in [0.15, 0.2) is 0 Å². The molecule has 1 heterocycles. The minimum atomic E-state index is -0.365. The Balaban J connectivity index is 2.22. The molecule has 0 radical (unpaired) electrons. The predicted octanol–water partition coefficient (Wildman–Crippen LogP) is 4.04. The molecular weight excluding hydrogens is 259 g/mol. The second kappa shape index (κ2) is 5.10. The quantitative estimate of drug-likeness (QED) is 0.841. The van der Waals surface area contributed by atoms with E-state index in [1.165, 1.54) is 11.3 Å². The van der Waals surface area contributed by atoms with Crippen LogP contribution in [0.25, 0.3) is 0 Å². The van der Waals surface area contributed by atoms with Gasteiger partial charge >= 0.3 is 0 Å².